The molecule has 112 valence electrons. The van der Waals surface area contributed by atoms with E-state index in [1.165, 1.54) is 4.90 Å². The Hall–Kier alpha value is -2.62. The first-order chi connectivity index (χ1) is 10.5. The van der Waals surface area contributed by atoms with Crippen molar-refractivity contribution in [2.75, 3.05) is 0 Å². The molecule has 1 unspecified atom stereocenters. The van der Waals surface area contributed by atoms with Gasteiger partial charge in [-0.2, -0.15) is 0 Å². The van der Waals surface area contributed by atoms with E-state index in [0.29, 0.717) is 0 Å². The maximum atomic E-state index is 12.8. The summed E-state index contributed by atoms with van der Waals surface area (Å²) in [7, 11) is 0. The number of hydrogen-bond acceptors (Lipinski definition) is 2. The molecule has 0 aliphatic carbocycles. The summed E-state index contributed by atoms with van der Waals surface area (Å²) in [6.45, 7) is 4.03. The maximum absolute atomic E-state index is 12.8. The van der Waals surface area contributed by atoms with Gasteiger partial charge in [-0.3, -0.25) is 9.69 Å². The first-order valence-electron chi connectivity index (χ1n) is 7.26. The van der Waals surface area contributed by atoms with Gasteiger partial charge >= 0.3 is 6.03 Å². The van der Waals surface area contributed by atoms with Gasteiger partial charge in [-0.05, 0) is 25.0 Å². The highest BCUT2D eigenvalue weighted by Gasteiger charge is 2.48. The quantitative estimate of drug-likeness (QED) is 0.885. The van der Waals surface area contributed by atoms with Crippen molar-refractivity contribution in [3.63, 3.8) is 0 Å². The lowest BCUT2D eigenvalue weighted by atomic mass is 9.91. The van der Waals surface area contributed by atoms with E-state index < -0.39 is 5.54 Å². The lowest BCUT2D eigenvalue weighted by Crippen LogP contribution is -2.40. The molecule has 2 aromatic rings. The van der Waals surface area contributed by atoms with Crippen LogP contribution in [0, 0.1) is 6.92 Å². The molecule has 0 spiro atoms. The molecule has 1 aliphatic heterocycles. The smallest absolute Gasteiger partial charge is 0.319 e. The van der Waals surface area contributed by atoms with Crippen molar-refractivity contribution in [2.45, 2.75) is 25.9 Å². The Morgan fingerprint density at radius 3 is 2.27 bits per heavy atom. The largest absolute Gasteiger partial charge is 0.325 e. The predicted octanol–water partition coefficient (Wildman–Crippen LogP) is 2.96. The number of urea groups is 1. The third-order valence-electron chi connectivity index (χ3n) is 4.09. The number of carbonyl (C=O) groups is 2. The predicted molar refractivity (Wildman–Crippen MR) is 84.1 cm³/mol. The van der Waals surface area contributed by atoms with E-state index in [-0.39, 0.29) is 18.5 Å². The summed E-state index contributed by atoms with van der Waals surface area (Å²) >= 11 is 0. The first kappa shape index (κ1) is 14.3. The third-order valence-corrected chi connectivity index (χ3v) is 4.09. The zero-order valence-corrected chi connectivity index (χ0v) is 12.7. The van der Waals surface area contributed by atoms with Crippen molar-refractivity contribution in [2.24, 2.45) is 0 Å². The summed E-state index contributed by atoms with van der Waals surface area (Å²) < 4.78 is 0. The molecular weight excluding hydrogens is 276 g/mol. The molecule has 1 N–H and O–H groups in total. The van der Waals surface area contributed by atoms with Crippen LogP contribution >= 0.6 is 0 Å². The van der Waals surface area contributed by atoms with E-state index in [1.54, 1.807) is 6.92 Å². The fraction of sp³-hybridized carbons (Fsp3) is 0.222. The van der Waals surface area contributed by atoms with E-state index in [9.17, 15) is 9.59 Å². The van der Waals surface area contributed by atoms with Gasteiger partial charge in [0, 0.05) is 0 Å². The Morgan fingerprint density at radius 1 is 1.00 bits per heavy atom. The van der Waals surface area contributed by atoms with Crippen molar-refractivity contribution in [1.29, 1.82) is 0 Å². The molecule has 0 aromatic heterocycles. The molecule has 0 saturated carbocycles. The second-order valence-electron chi connectivity index (χ2n) is 5.80. The van der Waals surface area contributed by atoms with Gasteiger partial charge in [0.2, 0.25) is 0 Å². The molecule has 2 aromatic carbocycles. The summed E-state index contributed by atoms with van der Waals surface area (Å²) in [6, 6.07) is 16.8. The molecule has 1 saturated heterocycles. The Balaban J connectivity index is 1.89. The zero-order valence-electron chi connectivity index (χ0n) is 12.7. The Labute approximate surface area is 129 Å². The SMILES string of the molecule is Cc1ccc(C2(C)NC(=O)N(Cc3ccccc3)C2=O)cc1. The highest BCUT2D eigenvalue weighted by molar-refractivity contribution is 6.07. The Bertz CT molecular complexity index is 710. The molecule has 3 amide bonds. The highest BCUT2D eigenvalue weighted by Crippen LogP contribution is 2.29. The minimum absolute atomic E-state index is 0.217. The molecule has 0 radical (unpaired) electrons. The van der Waals surface area contributed by atoms with Gasteiger partial charge in [0.05, 0.1) is 6.54 Å². The number of nitrogens with zero attached hydrogens (tertiary/aromatic N) is 1. The number of amides is 3. The normalized spacial score (nSPS) is 21.1. The van der Waals surface area contributed by atoms with Crippen molar-refractivity contribution in [3.05, 3.63) is 71.3 Å². The number of rotatable bonds is 3. The Morgan fingerprint density at radius 2 is 1.64 bits per heavy atom. The molecule has 1 fully saturated rings. The van der Waals surface area contributed by atoms with Crippen LogP contribution in [-0.2, 0) is 16.9 Å². The van der Waals surface area contributed by atoms with Crippen LogP contribution in [0.25, 0.3) is 0 Å². The number of carbonyl (C=O) groups excluding carboxylic acids is 2. The number of aryl methyl sites for hydroxylation is 1. The average molecular weight is 294 g/mol. The van der Waals surface area contributed by atoms with Crippen LogP contribution in [0.5, 0.6) is 0 Å². The lowest BCUT2D eigenvalue weighted by molar-refractivity contribution is -0.131. The fourth-order valence-corrected chi connectivity index (χ4v) is 2.69. The standard InChI is InChI=1S/C18H18N2O2/c1-13-8-10-15(11-9-13)18(2)16(21)20(17(22)19-18)12-14-6-4-3-5-7-14/h3-11H,12H2,1-2H3,(H,19,22). The zero-order chi connectivity index (χ0) is 15.7. The number of benzene rings is 2. The Kier molecular flexibility index (Phi) is 3.45. The number of nitrogens with one attached hydrogen (secondary N) is 1. The minimum Gasteiger partial charge on any atom is -0.319 e. The third kappa shape index (κ3) is 2.37. The second kappa shape index (κ2) is 5.30. The van der Waals surface area contributed by atoms with Crippen LogP contribution in [0.3, 0.4) is 0 Å². The van der Waals surface area contributed by atoms with Crippen molar-refractivity contribution in [1.82, 2.24) is 10.2 Å². The average Bonchev–Trinajstić information content (AvgIpc) is 2.73. The van der Waals surface area contributed by atoms with E-state index in [1.807, 2.05) is 61.5 Å². The molecular formula is C18H18N2O2. The summed E-state index contributed by atoms with van der Waals surface area (Å²) in [4.78, 5) is 26.3. The molecule has 22 heavy (non-hydrogen) atoms. The van der Waals surface area contributed by atoms with Gasteiger partial charge in [-0.15, -0.1) is 0 Å². The first-order valence-corrected chi connectivity index (χ1v) is 7.26. The van der Waals surface area contributed by atoms with Crippen LogP contribution in [0.4, 0.5) is 4.79 Å². The fourth-order valence-electron chi connectivity index (χ4n) is 2.69. The van der Waals surface area contributed by atoms with Crippen LogP contribution in [-0.4, -0.2) is 16.8 Å². The second-order valence-corrected chi connectivity index (χ2v) is 5.80. The summed E-state index contributed by atoms with van der Waals surface area (Å²) in [5.41, 5.74) is 1.84. The van der Waals surface area contributed by atoms with Crippen LogP contribution in [0.2, 0.25) is 0 Å². The molecule has 0 bridgehead atoms. The topological polar surface area (TPSA) is 49.4 Å². The van der Waals surface area contributed by atoms with Crippen LogP contribution in [0.1, 0.15) is 23.6 Å². The van der Waals surface area contributed by atoms with Crippen molar-refractivity contribution >= 4 is 11.9 Å². The maximum Gasteiger partial charge on any atom is 0.325 e. The van der Waals surface area contributed by atoms with Crippen molar-refractivity contribution < 1.29 is 9.59 Å². The van der Waals surface area contributed by atoms with Gasteiger partial charge < -0.3 is 5.32 Å². The van der Waals surface area contributed by atoms with E-state index in [4.69, 9.17) is 0 Å². The molecule has 1 atom stereocenters. The van der Waals surface area contributed by atoms with E-state index in [0.717, 1.165) is 16.7 Å². The van der Waals surface area contributed by atoms with Gasteiger partial charge in [-0.1, -0.05) is 60.2 Å². The monoisotopic (exact) mass is 294 g/mol. The molecule has 4 nitrogen and oxygen atoms in total. The van der Waals surface area contributed by atoms with Gasteiger partial charge in [0.15, 0.2) is 0 Å². The van der Waals surface area contributed by atoms with E-state index in [2.05, 4.69) is 5.32 Å². The van der Waals surface area contributed by atoms with Crippen LogP contribution in [0.15, 0.2) is 54.6 Å². The lowest BCUT2D eigenvalue weighted by Gasteiger charge is -2.22. The van der Waals surface area contributed by atoms with Crippen LogP contribution < -0.4 is 5.32 Å². The van der Waals surface area contributed by atoms with Gasteiger partial charge in [-0.25, -0.2) is 4.79 Å². The van der Waals surface area contributed by atoms with Gasteiger partial charge in [0.1, 0.15) is 5.54 Å². The molecule has 1 aliphatic rings. The van der Waals surface area contributed by atoms with Gasteiger partial charge in [0.25, 0.3) is 5.91 Å². The summed E-state index contributed by atoms with van der Waals surface area (Å²) in [5.74, 6) is -0.217. The summed E-state index contributed by atoms with van der Waals surface area (Å²) in [6.07, 6.45) is 0. The minimum atomic E-state index is -1.00. The number of hydrogen-bond donors (Lipinski definition) is 1. The summed E-state index contributed by atoms with van der Waals surface area (Å²) in [5, 5.41) is 2.82. The molecule has 3 rings (SSSR count). The molecule has 1 heterocycles. The molecule has 4 heteroatoms. The van der Waals surface area contributed by atoms with Crippen molar-refractivity contribution in [3.8, 4) is 0 Å². The number of imide groups is 1. The highest BCUT2D eigenvalue weighted by atomic mass is 16.2. The van der Waals surface area contributed by atoms with E-state index >= 15 is 0 Å².